The van der Waals surface area contributed by atoms with Crippen molar-refractivity contribution in [2.24, 2.45) is 0 Å². The third kappa shape index (κ3) is 2.87. The smallest absolute Gasteiger partial charge is 0.252 e. The zero-order valence-corrected chi connectivity index (χ0v) is 15.0. The predicted octanol–water partition coefficient (Wildman–Crippen LogP) is 3.34. The average molecular weight is 369 g/mol. The number of rotatable bonds is 2. The minimum Gasteiger partial charge on any atom is -0.310 e. The predicted molar refractivity (Wildman–Crippen MR) is 94.8 cm³/mol. The number of nitrogens with zero attached hydrogens (tertiary/aromatic N) is 4. The van der Waals surface area contributed by atoms with Gasteiger partial charge in [-0.25, -0.2) is 18.7 Å². The Hall–Kier alpha value is -3.16. The van der Waals surface area contributed by atoms with Crippen LogP contribution in [0.2, 0.25) is 0 Å². The molecule has 0 saturated heterocycles. The number of fused-ring (bicyclic) bond motifs is 1. The number of aromatic nitrogens is 4. The standard InChI is InChI=1S/C19H17F2N5O/c1-9-7-10(2)23-19(22-9)26-18-16(11(3)25-26)13(8-15(27)24-18)12-5-4-6-14(20)17(12)21/h4-7,13H,8H2,1-3H3,(H,24,27)/t13-/m0/s1. The highest BCUT2D eigenvalue weighted by molar-refractivity contribution is 5.95. The van der Waals surface area contributed by atoms with Crippen LogP contribution in [0.3, 0.4) is 0 Å². The van der Waals surface area contributed by atoms with Crippen LogP contribution in [-0.4, -0.2) is 25.7 Å². The van der Waals surface area contributed by atoms with Crippen LogP contribution in [0.25, 0.3) is 5.95 Å². The number of anilines is 1. The topological polar surface area (TPSA) is 72.7 Å². The van der Waals surface area contributed by atoms with E-state index in [1.165, 1.54) is 16.8 Å². The first-order valence-electron chi connectivity index (χ1n) is 8.51. The molecule has 0 fully saturated rings. The Bertz CT molecular complexity index is 1060. The van der Waals surface area contributed by atoms with Crippen LogP contribution in [0.1, 0.15) is 40.5 Å². The first kappa shape index (κ1) is 17.3. The van der Waals surface area contributed by atoms with E-state index < -0.39 is 17.6 Å². The first-order chi connectivity index (χ1) is 12.8. The molecule has 0 spiro atoms. The minimum absolute atomic E-state index is 0.00755. The summed E-state index contributed by atoms with van der Waals surface area (Å²) in [4.78, 5) is 21.1. The second kappa shape index (κ2) is 6.22. The van der Waals surface area contributed by atoms with Gasteiger partial charge in [-0.1, -0.05) is 12.1 Å². The van der Waals surface area contributed by atoms with Gasteiger partial charge in [-0.2, -0.15) is 9.78 Å². The Morgan fingerprint density at radius 1 is 1.15 bits per heavy atom. The number of aryl methyl sites for hydroxylation is 3. The van der Waals surface area contributed by atoms with Crippen LogP contribution in [0.5, 0.6) is 0 Å². The Morgan fingerprint density at radius 3 is 2.56 bits per heavy atom. The summed E-state index contributed by atoms with van der Waals surface area (Å²) in [6.07, 6.45) is 0.00755. The van der Waals surface area contributed by atoms with E-state index in [0.29, 0.717) is 23.0 Å². The number of hydrogen-bond donors (Lipinski definition) is 1. The molecule has 4 rings (SSSR count). The van der Waals surface area contributed by atoms with Crippen LogP contribution in [0.15, 0.2) is 24.3 Å². The molecule has 1 aliphatic rings. The van der Waals surface area contributed by atoms with E-state index in [9.17, 15) is 13.6 Å². The minimum atomic E-state index is -0.946. The van der Waals surface area contributed by atoms with Crippen LogP contribution in [-0.2, 0) is 4.79 Å². The van der Waals surface area contributed by atoms with E-state index in [0.717, 1.165) is 17.5 Å². The van der Waals surface area contributed by atoms with Crippen molar-refractivity contribution in [2.75, 3.05) is 5.32 Å². The Labute approximate surface area is 154 Å². The Morgan fingerprint density at radius 2 is 1.85 bits per heavy atom. The molecule has 8 heteroatoms. The molecule has 3 heterocycles. The summed E-state index contributed by atoms with van der Waals surface area (Å²) in [5.74, 6) is -2.12. The molecular formula is C19H17F2N5O. The second-order valence-corrected chi connectivity index (χ2v) is 6.66. The number of hydrogen-bond acceptors (Lipinski definition) is 4. The lowest BCUT2D eigenvalue weighted by Gasteiger charge is -2.24. The van der Waals surface area contributed by atoms with Crippen LogP contribution >= 0.6 is 0 Å². The van der Waals surface area contributed by atoms with E-state index in [-0.39, 0.29) is 17.9 Å². The van der Waals surface area contributed by atoms with Crippen molar-refractivity contribution in [3.05, 3.63) is 64.1 Å². The highest BCUT2D eigenvalue weighted by atomic mass is 19.2. The summed E-state index contributed by atoms with van der Waals surface area (Å²) >= 11 is 0. The fraction of sp³-hybridized carbons (Fsp3) is 0.263. The lowest BCUT2D eigenvalue weighted by molar-refractivity contribution is -0.116. The van der Waals surface area contributed by atoms with Crippen molar-refractivity contribution >= 4 is 11.7 Å². The Balaban J connectivity index is 1.92. The van der Waals surface area contributed by atoms with Gasteiger partial charge in [0.1, 0.15) is 5.82 Å². The van der Waals surface area contributed by atoms with Crippen molar-refractivity contribution in [3.8, 4) is 5.95 Å². The summed E-state index contributed by atoms with van der Waals surface area (Å²) < 4.78 is 29.6. The monoisotopic (exact) mass is 369 g/mol. The second-order valence-electron chi connectivity index (χ2n) is 6.66. The number of amides is 1. The number of carbonyl (C=O) groups is 1. The first-order valence-corrected chi connectivity index (χ1v) is 8.51. The number of carbonyl (C=O) groups excluding carboxylic acids is 1. The number of halogens is 2. The van der Waals surface area contributed by atoms with Gasteiger partial charge < -0.3 is 5.32 Å². The van der Waals surface area contributed by atoms with E-state index in [2.05, 4.69) is 20.4 Å². The molecule has 1 aliphatic heterocycles. The van der Waals surface area contributed by atoms with E-state index >= 15 is 0 Å². The molecule has 0 aliphatic carbocycles. The molecule has 0 bridgehead atoms. The van der Waals surface area contributed by atoms with Gasteiger partial charge in [-0.05, 0) is 38.5 Å². The van der Waals surface area contributed by atoms with Gasteiger partial charge in [0.2, 0.25) is 5.91 Å². The van der Waals surface area contributed by atoms with Crippen LogP contribution in [0.4, 0.5) is 14.6 Å². The van der Waals surface area contributed by atoms with Gasteiger partial charge in [0.05, 0.1) is 5.69 Å². The lowest BCUT2D eigenvalue weighted by atomic mass is 9.85. The third-order valence-corrected chi connectivity index (χ3v) is 4.62. The maximum absolute atomic E-state index is 14.4. The van der Waals surface area contributed by atoms with Crippen LogP contribution in [0, 0.1) is 32.4 Å². The molecule has 1 N–H and O–H groups in total. The summed E-state index contributed by atoms with van der Waals surface area (Å²) in [6.45, 7) is 5.44. The molecule has 3 aromatic rings. The van der Waals surface area contributed by atoms with Crippen molar-refractivity contribution in [1.29, 1.82) is 0 Å². The molecule has 0 radical (unpaired) electrons. The van der Waals surface area contributed by atoms with Crippen molar-refractivity contribution in [3.63, 3.8) is 0 Å². The molecule has 1 atom stereocenters. The summed E-state index contributed by atoms with van der Waals surface area (Å²) in [7, 11) is 0. The highest BCUT2D eigenvalue weighted by Crippen LogP contribution is 2.40. The summed E-state index contributed by atoms with van der Waals surface area (Å²) in [5, 5.41) is 7.25. The zero-order chi connectivity index (χ0) is 19.3. The zero-order valence-electron chi connectivity index (χ0n) is 15.0. The summed E-state index contributed by atoms with van der Waals surface area (Å²) in [6, 6.07) is 5.82. The van der Waals surface area contributed by atoms with Gasteiger partial charge >= 0.3 is 0 Å². The SMILES string of the molecule is Cc1cc(C)nc(-n2nc(C)c3c2NC(=O)C[C@H]3c2cccc(F)c2F)n1. The number of nitrogens with one attached hydrogen (secondary N) is 1. The molecule has 2 aromatic heterocycles. The fourth-order valence-electron chi connectivity index (χ4n) is 3.55. The Kier molecular flexibility index (Phi) is 3.98. The normalized spacial score (nSPS) is 16.2. The van der Waals surface area contributed by atoms with Crippen molar-refractivity contribution in [1.82, 2.24) is 19.7 Å². The van der Waals surface area contributed by atoms with E-state index in [1.807, 2.05) is 19.9 Å². The molecule has 0 unspecified atom stereocenters. The average Bonchev–Trinajstić information content (AvgIpc) is 2.92. The van der Waals surface area contributed by atoms with Gasteiger partial charge in [0.15, 0.2) is 11.6 Å². The maximum Gasteiger partial charge on any atom is 0.252 e. The molecular weight excluding hydrogens is 352 g/mol. The van der Waals surface area contributed by atoms with Crippen molar-refractivity contribution in [2.45, 2.75) is 33.1 Å². The third-order valence-electron chi connectivity index (χ3n) is 4.62. The lowest BCUT2D eigenvalue weighted by Crippen LogP contribution is -2.26. The molecule has 6 nitrogen and oxygen atoms in total. The molecule has 138 valence electrons. The summed E-state index contributed by atoms with van der Waals surface area (Å²) in [5.41, 5.74) is 2.89. The quantitative estimate of drug-likeness (QED) is 0.752. The van der Waals surface area contributed by atoms with E-state index in [4.69, 9.17) is 0 Å². The van der Waals surface area contributed by atoms with Gasteiger partial charge in [-0.15, -0.1) is 0 Å². The van der Waals surface area contributed by atoms with E-state index in [1.54, 1.807) is 6.92 Å². The van der Waals surface area contributed by atoms with Gasteiger partial charge in [0.25, 0.3) is 5.95 Å². The van der Waals surface area contributed by atoms with Gasteiger partial charge in [-0.3, -0.25) is 4.79 Å². The highest BCUT2D eigenvalue weighted by Gasteiger charge is 2.35. The van der Waals surface area contributed by atoms with Crippen molar-refractivity contribution < 1.29 is 13.6 Å². The van der Waals surface area contributed by atoms with Gasteiger partial charge in [0, 0.05) is 29.3 Å². The van der Waals surface area contributed by atoms with Crippen LogP contribution < -0.4 is 5.32 Å². The fourth-order valence-corrected chi connectivity index (χ4v) is 3.55. The molecule has 27 heavy (non-hydrogen) atoms. The largest absolute Gasteiger partial charge is 0.310 e. The molecule has 1 amide bonds. The molecule has 1 aromatic carbocycles. The number of benzene rings is 1. The molecule has 0 saturated carbocycles. The maximum atomic E-state index is 14.4.